The molecular weight excluding hydrogens is 269 g/mol. The Morgan fingerprint density at radius 3 is 2.38 bits per heavy atom. The van der Waals surface area contributed by atoms with E-state index in [1.807, 2.05) is 48.3 Å². The second-order valence-corrected chi connectivity index (χ2v) is 4.65. The largest absolute Gasteiger partial charge is 0.491 e. The van der Waals surface area contributed by atoms with Gasteiger partial charge in [0.1, 0.15) is 18.2 Å². The number of para-hydroxylation sites is 2. The normalized spacial score (nSPS) is 10.4. The Labute approximate surface area is 124 Å². The molecule has 21 heavy (non-hydrogen) atoms. The molecule has 0 aliphatic carbocycles. The average Bonchev–Trinajstić information content (AvgIpc) is 2.52. The lowest BCUT2D eigenvalue weighted by Crippen LogP contribution is -2.24. The summed E-state index contributed by atoms with van der Waals surface area (Å²) in [6.07, 6.45) is 0. The third-order valence-corrected chi connectivity index (χ3v) is 3.07. The predicted octanol–water partition coefficient (Wildman–Crippen LogP) is 3.36. The monoisotopic (exact) mass is 289 g/mol. The van der Waals surface area contributed by atoms with Crippen LogP contribution in [-0.4, -0.2) is 33.4 Å². The molecule has 0 unspecified atom stereocenters. The maximum Gasteiger partial charge on any atom is 0.146 e. The molecule has 0 saturated carbocycles. The van der Waals surface area contributed by atoms with Gasteiger partial charge in [-0.1, -0.05) is 30.3 Å². The second-order valence-electron chi connectivity index (χ2n) is 4.65. The van der Waals surface area contributed by atoms with Crippen molar-refractivity contribution in [2.45, 2.75) is 0 Å². The molecule has 0 aliphatic heterocycles. The fraction of sp³-hybridized carbons (Fsp3) is 0.294. The molecule has 2 rings (SSSR count). The number of rotatable bonds is 8. The molecule has 0 atom stereocenters. The molecule has 0 aromatic heterocycles. The Bertz CT molecular complexity index is 533. The topological polar surface area (TPSA) is 21.7 Å². The summed E-state index contributed by atoms with van der Waals surface area (Å²) in [5.41, 5.74) is 0.585. The number of hydrogen-bond acceptors (Lipinski definition) is 3. The van der Waals surface area contributed by atoms with E-state index in [4.69, 9.17) is 9.47 Å². The van der Waals surface area contributed by atoms with Crippen LogP contribution in [0.5, 0.6) is 5.75 Å². The number of halogens is 1. The molecule has 0 bridgehead atoms. The maximum atomic E-state index is 13.6. The Hall–Kier alpha value is -2.07. The van der Waals surface area contributed by atoms with E-state index >= 15 is 0 Å². The molecule has 0 aliphatic rings. The van der Waals surface area contributed by atoms with E-state index in [9.17, 15) is 4.39 Å². The zero-order chi connectivity index (χ0) is 14.9. The molecule has 4 heteroatoms. The Kier molecular flexibility index (Phi) is 6.03. The van der Waals surface area contributed by atoms with Crippen LogP contribution in [0.15, 0.2) is 54.6 Å². The van der Waals surface area contributed by atoms with Gasteiger partial charge in [0.25, 0.3) is 0 Å². The van der Waals surface area contributed by atoms with Crippen LogP contribution < -0.4 is 9.64 Å². The molecular formula is C17H20FNO2. The van der Waals surface area contributed by atoms with Gasteiger partial charge in [0.05, 0.1) is 18.9 Å². The first-order valence-corrected chi connectivity index (χ1v) is 6.98. The van der Waals surface area contributed by atoms with Crippen LogP contribution in [0.25, 0.3) is 0 Å². The number of ether oxygens (including phenoxy) is 2. The standard InChI is InChI=1S/C17H20FNO2/c1-19(17-10-6-5-9-16(17)18)11-12-20-13-14-21-15-7-3-2-4-8-15/h2-10H,11-14H2,1H3. The van der Waals surface area contributed by atoms with Crippen molar-refractivity contribution in [1.82, 2.24) is 0 Å². The zero-order valence-corrected chi connectivity index (χ0v) is 12.2. The minimum Gasteiger partial charge on any atom is -0.491 e. The summed E-state index contributed by atoms with van der Waals surface area (Å²) in [6.45, 7) is 2.18. The lowest BCUT2D eigenvalue weighted by molar-refractivity contribution is 0.105. The van der Waals surface area contributed by atoms with Crippen LogP contribution >= 0.6 is 0 Å². The lowest BCUT2D eigenvalue weighted by atomic mass is 10.3. The van der Waals surface area contributed by atoms with Crippen LogP contribution in [0.4, 0.5) is 10.1 Å². The lowest BCUT2D eigenvalue weighted by Gasteiger charge is -2.19. The van der Waals surface area contributed by atoms with Crippen LogP contribution in [-0.2, 0) is 4.74 Å². The van der Waals surface area contributed by atoms with Crippen molar-refractivity contribution >= 4 is 5.69 Å². The molecule has 112 valence electrons. The van der Waals surface area contributed by atoms with E-state index < -0.39 is 0 Å². The van der Waals surface area contributed by atoms with Crippen LogP contribution in [0, 0.1) is 5.82 Å². The summed E-state index contributed by atoms with van der Waals surface area (Å²) in [4.78, 5) is 1.84. The van der Waals surface area contributed by atoms with Gasteiger partial charge in [0.15, 0.2) is 0 Å². The van der Waals surface area contributed by atoms with Gasteiger partial charge in [-0.05, 0) is 24.3 Å². The second kappa shape index (κ2) is 8.27. The first-order chi connectivity index (χ1) is 10.3. The highest BCUT2D eigenvalue weighted by Gasteiger charge is 2.05. The van der Waals surface area contributed by atoms with Crippen molar-refractivity contribution in [3.63, 3.8) is 0 Å². The summed E-state index contributed by atoms with van der Waals surface area (Å²) in [5.74, 6) is 0.622. The summed E-state index contributed by atoms with van der Waals surface area (Å²) in [6, 6.07) is 16.3. The first-order valence-electron chi connectivity index (χ1n) is 6.98. The van der Waals surface area contributed by atoms with Crippen molar-refractivity contribution < 1.29 is 13.9 Å². The van der Waals surface area contributed by atoms with E-state index in [1.54, 1.807) is 12.1 Å². The Morgan fingerprint density at radius 1 is 0.905 bits per heavy atom. The van der Waals surface area contributed by atoms with Crippen molar-refractivity contribution in [3.05, 3.63) is 60.4 Å². The molecule has 3 nitrogen and oxygen atoms in total. The predicted molar refractivity (Wildman–Crippen MR) is 82.4 cm³/mol. The van der Waals surface area contributed by atoms with Gasteiger partial charge >= 0.3 is 0 Å². The van der Waals surface area contributed by atoms with Crippen LogP contribution in [0.3, 0.4) is 0 Å². The van der Waals surface area contributed by atoms with E-state index in [0.717, 1.165) is 5.75 Å². The fourth-order valence-corrected chi connectivity index (χ4v) is 1.92. The van der Waals surface area contributed by atoms with Gasteiger partial charge in [-0.25, -0.2) is 4.39 Å². The molecule has 0 saturated heterocycles. The Morgan fingerprint density at radius 2 is 1.62 bits per heavy atom. The van der Waals surface area contributed by atoms with Crippen molar-refractivity contribution in [2.75, 3.05) is 38.3 Å². The minimum absolute atomic E-state index is 0.215. The summed E-state index contributed by atoms with van der Waals surface area (Å²) < 4.78 is 24.6. The van der Waals surface area contributed by atoms with Crippen LogP contribution in [0.2, 0.25) is 0 Å². The number of likely N-dealkylation sites (N-methyl/N-ethyl adjacent to an activating group) is 1. The zero-order valence-electron chi connectivity index (χ0n) is 12.2. The quantitative estimate of drug-likeness (QED) is 0.696. The number of nitrogens with zero attached hydrogens (tertiary/aromatic N) is 1. The number of hydrogen-bond donors (Lipinski definition) is 0. The SMILES string of the molecule is CN(CCOCCOc1ccccc1)c1ccccc1F. The van der Waals surface area contributed by atoms with Crippen molar-refractivity contribution in [2.24, 2.45) is 0 Å². The number of benzene rings is 2. The van der Waals surface area contributed by atoms with Crippen LogP contribution in [0.1, 0.15) is 0 Å². The molecule has 0 N–H and O–H groups in total. The third-order valence-electron chi connectivity index (χ3n) is 3.07. The van der Waals surface area contributed by atoms with Crippen molar-refractivity contribution in [1.29, 1.82) is 0 Å². The van der Waals surface area contributed by atoms with Gasteiger partial charge in [0.2, 0.25) is 0 Å². The molecule has 2 aromatic rings. The smallest absolute Gasteiger partial charge is 0.146 e. The summed E-state index contributed by atoms with van der Waals surface area (Å²) in [5, 5.41) is 0. The molecule has 0 fully saturated rings. The third kappa shape index (κ3) is 5.08. The molecule has 2 aromatic carbocycles. The highest BCUT2D eigenvalue weighted by atomic mass is 19.1. The molecule has 0 spiro atoms. The van der Waals surface area contributed by atoms with E-state index in [2.05, 4.69) is 0 Å². The van der Waals surface area contributed by atoms with E-state index in [1.165, 1.54) is 6.07 Å². The molecule has 0 heterocycles. The van der Waals surface area contributed by atoms with Crippen molar-refractivity contribution in [3.8, 4) is 5.75 Å². The average molecular weight is 289 g/mol. The number of anilines is 1. The first kappa shape index (κ1) is 15.3. The minimum atomic E-state index is -0.215. The van der Waals surface area contributed by atoms with Gasteiger partial charge in [-0.2, -0.15) is 0 Å². The highest BCUT2D eigenvalue weighted by molar-refractivity contribution is 5.46. The van der Waals surface area contributed by atoms with Gasteiger partial charge in [0, 0.05) is 13.6 Å². The molecule has 0 radical (unpaired) electrons. The fourth-order valence-electron chi connectivity index (χ4n) is 1.92. The van der Waals surface area contributed by atoms with E-state index in [-0.39, 0.29) is 5.82 Å². The Balaban J connectivity index is 1.61. The highest BCUT2D eigenvalue weighted by Crippen LogP contribution is 2.16. The summed E-state index contributed by atoms with van der Waals surface area (Å²) in [7, 11) is 1.85. The van der Waals surface area contributed by atoms with Gasteiger partial charge < -0.3 is 14.4 Å². The maximum absolute atomic E-state index is 13.6. The van der Waals surface area contributed by atoms with Gasteiger partial charge in [-0.3, -0.25) is 0 Å². The van der Waals surface area contributed by atoms with Gasteiger partial charge in [-0.15, -0.1) is 0 Å². The summed E-state index contributed by atoms with van der Waals surface area (Å²) >= 11 is 0. The molecule has 0 amide bonds. The van der Waals surface area contributed by atoms with E-state index in [0.29, 0.717) is 32.1 Å².